The lowest BCUT2D eigenvalue weighted by Gasteiger charge is -2.24. The summed E-state index contributed by atoms with van der Waals surface area (Å²) < 4.78 is 0. The summed E-state index contributed by atoms with van der Waals surface area (Å²) in [6.45, 7) is 5.52. The van der Waals surface area contributed by atoms with Gasteiger partial charge < -0.3 is 10.2 Å². The van der Waals surface area contributed by atoms with Gasteiger partial charge in [-0.1, -0.05) is 12.1 Å². The van der Waals surface area contributed by atoms with Crippen LogP contribution in [-0.2, 0) is 4.79 Å². The number of thioether (sulfide) groups is 1. The second kappa shape index (κ2) is 8.02. The minimum Gasteiger partial charge on any atom is -0.324 e. The Kier molecular flexibility index (Phi) is 5.69. The fourth-order valence-electron chi connectivity index (χ4n) is 3.11. The van der Waals surface area contributed by atoms with E-state index in [4.69, 9.17) is 0 Å². The maximum absolute atomic E-state index is 13.0. The van der Waals surface area contributed by atoms with Crippen molar-refractivity contribution in [2.24, 2.45) is 0 Å². The zero-order valence-corrected chi connectivity index (χ0v) is 16.7. The van der Waals surface area contributed by atoms with Gasteiger partial charge in [0, 0.05) is 28.6 Å². The Hall–Kier alpha value is -2.87. The average molecular weight is 399 g/mol. The van der Waals surface area contributed by atoms with Crippen molar-refractivity contribution in [3.8, 4) is 0 Å². The van der Waals surface area contributed by atoms with Crippen molar-refractivity contribution in [2.75, 3.05) is 16.9 Å². The van der Waals surface area contributed by atoms with Gasteiger partial charge in [0.1, 0.15) is 6.04 Å². The molecule has 1 saturated heterocycles. The van der Waals surface area contributed by atoms with Crippen molar-refractivity contribution in [2.45, 2.75) is 26.8 Å². The molecule has 0 spiro atoms. The van der Waals surface area contributed by atoms with E-state index in [0.29, 0.717) is 22.9 Å². The molecule has 1 heterocycles. The van der Waals surface area contributed by atoms with Crippen LogP contribution in [0.3, 0.4) is 0 Å². The first-order chi connectivity index (χ1) is 13.3. The molecule has 28 heavy (non-hydrogen) atoms. The molecule has 2 aromatic rings. The third-order valence-electron chi connectivity index (χ3n) is 4.95. The fourth-order valence-corrected chi connectivity index (χ4v) is 4.27. The summed E-state index contributed by atoms with van der Waals surface area (Å²) >= 11 is 1.48. The van der Waals surface area contributed by atoms with Gasteiger partial charge in [-0.25, -0.2) is 0 Å². The SMILES string of the molecule is Cc1ccc(NC(=O)C2CSCN2C(=O)c2cccc([N+](=O)[O-])c2C)cc1C. The van der Waals surface area contributed by atoms with E-state index in [9.17, 15) is 19.7 Å². The van der Waals surface area contributed by atoms with Gasteiger partial charge in [0.25, 0.3) is 11.6 Å². The molecule has 0 saturated carbocycles. The monoisotopic (exact) mass is 399 g/mol. The Morgan fingerprint density at radius 1 is 1.18 bits per heavy atom. The van der Waals surface area contributed by atoms with E-state index in [-0.39, 0.29) is 23.1 Å². The van der Waals surface area contributed by atoms with Gasteiger partial charge in [-0.15, -0.1) is 11.8 Å². The van der Waals surface area contributed by atoms with Gasteiger partial charge in [-0.3, -0.25) is 19.7 Å². The van der Waals surface area contributed by atoms with E-state index in [2.05, 4.69) is 5.32 Å². The number of hydrogen-bond donors (Lipinski definition) is 1. The van der Waals surface area contributed by atoms with Crippen LogP contribution in [0.5, 0.6) is 0 Å². The predicted octanol–water partition coefficient (Wildman–Crippen LogP) is 3.67. The number of anilines is 1. The molecule has 2 amide bonds. The van der Waals surface area contributed by atoms with E-state index in [0.717, 1.165) is 11.1 Å². The number of nitrogens with one attached hydrogen (secondary N) is 1. The standard InChI is InChI=1S/C20H21N3O4S/c1-12-7-8-15(9-13(12)2)21-19(24)18-10-28-11-22(18)20(25)16-5-4-6-17(14(16)3)23(26)27/h4-9,18H,10-11H2,1-3H3,(H,21,24). The molecule has 1 aliphatic heterocycles. The summed E-state index contributed by atoms with van der Waals surface area (Å²) in [7, 11) is 0. The molecule has 0 radical (unpaired) electrons. The number of benzene rings is 2. The topological polar surface area (TPSA) is 92.6 Å². The van der Waals surface area contributed by atoms with Crippen molar-refractivity contribution in [1.82, 2.24) is 4.90 Å². The first kappa shape index (κ1) is 19.9. The van der Waals surface area contributed by atoms with Crippen LogP contribution in [0.2, 0.25) is 0 Å². The second-order valence-electron chi connectivity index (χ2n) is 6.79. The molecule has 0 aromatic heterocycles. The lowest BCUT2D eigenvalue weighted by Crippen LogP contribution is -2.44. The third kappa shape index (κ3) is 3.87. The van der Waals surface area contributed by atoms with Gasteiger partial charge in [-0.2, -0.15) is 0 Å². The van der Waals surface area contributed by atoms with Crippen molar-refractivity contribution in [3.05, 3.63) is 68.8 Å². The Labute approximate surface area is 167 Å². The molecular formula is C20H21N3O4S. The zero-order chi connectivity index (χ0) is 20.4. The lowest BCUT2D eigenvalue weighted by molar-refractivity contribution is -0.385. The van der Waals surface area contributed by atoms with Crippen LogP contribution in [-0.4, -0.2) is 39.3 Å². The van der Waals surface area contributed by atoms with Crippen LogP contribution in [0.4, 0.5) is 11.4 Å². The minimum atomic E-state index is -0.627. The molecule has 0 aliphatic carbocycles. The van der Waals surface area contributed by atoms with Crippen LogP contribution in [0.25, 0.3) is 0 Å². The Morgan fingerprint density at radius 2 is 1.93 bits per heavy atom. The second-order valence-corrected chi connectivity index (χ2v) is 7.79. The van der Waals surface area contributed by atoms with Crippen molar-refractivity contribution in [3.63, 3.8) is 0 Å². The molecule has 1 aliphatic rings. The summed E-state index contributed by atoms with van der Waals surface area (Å²) in [5, 5.41) is 14.0. The molecular weight excluding hydrogens is 378 g/mol. The first-order valence-electron chi connectivity index (χ1n) is 8.80. The Balaban J connectivity index is 1.81. The van der Waals surface area contributed by atoms with Crippen LogP contribution in [0.15, 0.2) is 36.4 Å². The third-order valence-corrected chi connectivity index (χ3v) is 5.96. The van der Waals surface area contributed by atoms with Crippen LogP contribution in [0, 0.1) is 30.9 Å². The number of nitrogens with zero attached hydrogens (tertiary/aromatic N) is 2. The first-order valence-corrected chi connectivity index (χ1v) is 9.96. The van der Waals surface area contributed by atoms with Crippen LogP contribution >= 0.6 is 11.8 Å². The maximum Gasteiger partial charge on any atom is 0.273 e. The van der Waals surface area contributed by atoms with E-state index >= 15 is 0 Å². The Morgan fingerprint density at radius 3 is 2.61 bits per heavy atom. The quantitative estimate of drug-likeness (QED) is 0.625. The van der Waals surface area contributed by atoms with E-state index in [1.807, 2.05) is 32.0 Å². The molecule has 0 bridgehead atoms. The summed E-state index contributed by atoms with van der Waals surface area (Å²) in [6.07, 6.45) is 0. The summed E-state index contributed by atoms with van der Waals surface area (Å²) in [4.78, 5) is 37.9. The number of amides is 2. The number of rotatable bonds is 4. The highest BCUT2D eigenvalue weighted by atomic mass is 32.2. The largest absolute Gasteiger partial charge is 0.324 e. The molecule has 1 N–H and O–H groups in total. The molecule has 1 unspecified atom stereocenters. The maximum atomic E-state index is 13.0. The minimum absolute atomic E-state index is 0.103. The number of aryl methyl sites for hydroxylation is 2. The summed E-state index contributed by atoms with van der Waals surface area (Å²) in [6, 6.07) is 9.46. The smallest absolute Gasteiger partial charge is 0.273 e. The van der Waals surface area contributed by atoms with E-state index in [1.165, 1.54) is 28.8 Å². The Bertz CT molecular complexity index is 960. The predicted molar refractivity (Wildman–Crippen MR) is 110 cm³/mol. The van der Waals surface area contributed by atoms with E-state index < -0.39 is 11.0 Å². The summed E-state index contributed by atoms with van der Waals surface area (Å²) in [5.74, 6) is 0.221. The summed E-state index contributed by atoms with van der Waals surface area (Å²) in [5.41, 5.74) is 3.34. The number of nitro groups is 1. The highest BCUT2D eigenvalue weighted by molar-refractivity contribution is 7.99. The van der Waals surface area contributed by atoms with Gasteiger partial charge in [-0.05, 0) is 50.1 Å². The number of carbonyl (C=O) groups excluding carboxylic acids is 2. The molecule has 1 atom stereocenters. The van der Waals surface area contributed by atoms with E-state index in [1.54, 1.807) is 13.0 Å². The molecule has 7 nitrogen and oxygen atoms in total. The van der Waals surface area contributed by atoms with Crippen LogP contribution in [0.1, 0.15) is 27.0 Å². The van der Waals surface area contributed by atoms with Crippen LogP contribution < -0.4 is 5.32 Å². The number of hydrogen-bond acceptors (Lipinski definition) is 5. The zero-order valence-electron chi connectivity index (χ0n) is 15.9. The average Bonchev–Trinajstić information content (AvgIpc) is 3.14. The van der Waals surface area contributed by atoms with Crippen molar-refractivity contribution < 1.29 is 14.5 Å². The lowest BCUT2D eigenvalue weighted by atomic mass is 10.0. The van der Waals surface area contributed by atoms with Crippen molar-refractivity contribution >= 4 is 35.0 Å². The van der Waals surface area contributed by atoms with Gasteiger partial charge in [0.2, 0.25) is 5.91 Å². The fraction of sp³-hybridized carbons (Fsp3) is 0.300. The van der Waals surface area contributed by atoms with Gasteiger partial charge >= 0.3 is 0 Å². The van der Waals surface area contributed by atoms with Crippen molar-refractivity contribution in [1.29, 1.82) is 0 Å². The highest BCUT2D eigenvalue weighted by Crippen LogP contribution is 2.28. The molecule has 1 fully saturated rings. The molecule has 2 aromatic carbocycles. The normalized spacial score (nSPS) is 16.1. The van der Waals surface area contributed by atoms with Gasteiger partial charge in [0.05, 0.1) is 10.8 Å². The molecule has 8 heteroatoms. The van der Waals surface area contributed by atoms with Gasteiger partial charge in [0.15, 0.2) is 0 Å². The highest BCUT2D eigenvalue weighted by Gasteiger charge is 2.36. The number of carbonyl (C=O) groups is 2. The molecule has 146 valence electrons. The number of nitro benzene ring substituents is 1. The molecule has 3 rings (SSSR count).